The number of aromatic nitrogens is 2. The van der Waals surface area contributed by atoms with Crippen LogP contribution in [0.5, 0.6) is 0 Å². The second kappa shape index (κ2) is 8.82. The van der Waals surface area contributed by atoms with Gasteiger partial charge in [0.15, 0.2) is 11.5 Å². The van der Waals surface area contributed by atoms with E-state index in [9.17, 15) is 4.79 Å². The van der Waals surface area contributed by atoms with Crippen molar-refractivity contribution in [3.63, 3.8) is 0 Å². The molecule has 27 heavy (non-hydrogen) atoms. The summed E-state index contributed by atoms with van der Waals surface area (Å²) in [4.78, 5) is 22.7. The molecule has 7 nitrogen and oxygen atoms in total. The quantitative estimate of drug-likeness (QED) is 0.745. The van der Waals surface area contributed by atoms with Gasteiger partial charge in [-0.3, -0.25) is 5.32 Å². The van der Waals surface area contributed by atoms with E-state index >= 15 is 0 Å². The van der Waals surface area contributed by atoms with Gasteiger partial charge in [-0.05, 0) is 43.9 Å². The summed E-state index contributed by atoms with van der Waals surface area (Å²) >= 11 is 3.48. The molecule has 2 amide bonds. The summed E-state index contributed by atoms with van der Waals surface area (Å²) in [7, 11) is 0. The van der Waals surface area contributed by atoms with Gasteiger partial charge in [0, 0.05) is 17.1 Å². The Morgan fingerprint density at radius 2 is 2.19 bits per heavy atom. The van der Waals surface area contributed by atoms with E-state index in [0.29, 0.717) is 6.04 Å². The lowest BCUT2D eigenvalue weighted by molar-refractivity contribution is 0.262. The Bertz CT molecular complexity index is 848. The molecule has 0 aliphatic carbocycles. The number of hydrogen-bond acceptors (Lipinski definition) is 5. The van der Waals surface area contributed by atoms with E-state index in [1.54, 1.807) is 0 Å². The number of hydrogen-bond donors (Lipinski definition) is 2. The zero-order valence-corrected chi connectivity index (χ0v) is 16.7. The van der Waals surface area contributed by atoms with Gasteiger partial charge >= 0.3 is 6.03 Å². The van der Waals surface area contributed by atoms with Crippen LogP contribution in [0.2, 0.25) is 0 Å². The SMILES string of the molecule is CCC1CCCCN1c1ccc(Br)cc1NC(=O)Nc1cnc(C#N)cn1. The van der Waals surface area contributed by atoms with Gasteiger partial charge < -0.3 is 10.2 Å². The maximum absolute atomic E-state index is 12.4. The molecule has 1 aliphatic heterocycles. The number of urea groups is 1. The molecule has 0 saturated carbocycles. The lowest BCUT2D eigenvalue weighted by atomic mass is 9.99. The molecule has 2 heterocycles. The van der Waals surface area contributed by atoms with Crippen molar-refractivity contribution in [1.29, 1.82) is 5.26 Å². The lowest BCUT2D eigenvalue weighted by Crippen LogP contribution is -2.39. The zero-order valence-electron chi connectivity index (χ0n) is 15.1. The molecule has 1 aromatic carbocycles. The Labute approximate surface area is 166 Å². The van der Waals surface area contributed by atoms with Crippen molar-refractivity contribution in [2.45, 2.75) is 38.6 Å². The number of halogens is 1. The topological polar surface area (TPSA) is 93.9 Å². The van der Waals surface area contributed by atoms with Crippen molar-refractivity contribution >= 4 is 39.2 Å². The van der Waals surface area contributed by atoms with Crippen molar-refractivity contribution in [3.8, 4) is 6.07 Å². The second-order valence-electron chi connectivity index (χ2n) is 6.39. The highest BCUT2D eigenvalue weighted by Gasteiger charge is 2.23. The predicted molar refractivity (Wildman–Crippen MR) is 109 cm³/mol. The Morgan fingerprint density at radius 1 is 1.33 bits per heavy atom. The van der Waals surface area contributed by atoms with E-state index in [2.05, 4.69) is 48.4 Å². The van der Waals surface area contributed by atoms with E-state index in [0.717, 1.165) is 35.2 Å². The summed E-state index contributed by atoms with van der Waals surface area (Å²) < 4.78 is 0.893. The van der Waals surface area contributed by atoms with E-state index in [4.69, 9.17) is 5.26 Å². The van der Waals surface area contributed by atoms with Gasteiger partial charge in [-0.2, -0.15) is 5.26 Å². The largest absolute Gasteiger partial charge is 0.367 e. The number of benzene rings is 1. The summed E-state index contributed by atoms with van der Waals surface area (Å²) in [6.45, 7) is 3.18. The van der Waals surface area contributed by atoms with Crippen LogP contribution < -0.4 is 15.5 Å². The third-order valence-corrected chi connectivity index (χ3v) is 5.12. The van der Waals surface area contributed by atoms with E-state index < -0.39 is 6.03 Å². The number of piperidine rings is 1. The molecule has 2 aromatic rings. The lowest BCUT2D eigenvalue weighted by Gasteiger charge is -2.38. The van der Waals surface area contributed by atoms with Crippen molar-refractivity contribution < 1.29 is 4.79 Å². The highest BCUT2D eigenvalue weighted by Crippen LogP contribution is 2.34. The van der Waals surface area contributed by atoms with E-state index in [-0.39, 0.29) is 11.5 Å². The standard InChI is InChI=1S/C19H21BrN6O/c1-2-15-5-3-4-8-26(15)17-7-6-13(20)9-16(17)24-19(27)25-18-12-22-14(10-21)11-23-18/h6-7,9,11-12,15H,2-5,8H2,1H3,(H2,23,24,25,27). The molecule has 0 radical (unpaired) electrons. The molecule has 8 heteroatoms. The number of rotatable bonds is 4. The van der Waals surface area contributed by atoms with Crippen LogP contribution in [0.1, 0.15) is 38.3 Å². The number of nitrogens with zero attached hydrogens (tertiary/aromatic N) is 4. The van der Waals surface area contributed by atoms with Gasteiger partial charge in [0.1, 0.15) is 6.07 Å². The maximum atomic E-state index is 12.4. The van der Waals surface area contributed by atoms with Crippen LogP contribution in [0.3, 0.4) is 0 Å². The number of nitriles is 1. The third-order valence-electron chi connectivity index (χ3n) is 4.62. The molecule has 1 fully saturated rings. The van der Waals surface area contributed by atoms with Crippen LogP contribution in [-0.4, -0.2) is 28.6 Å². The van der Waals surface area contributed by atoms with E-state index in [1.165, 1.54) is 25.2 Å². The fraction of sp³-hybridized carbons (Fsp3) is 0.368. The first-order valence-electron chi connectivity index (χ1n) is 8.97. The Morgan fingerprint density at radius 3 is 2.89 bits per heavy atom. The molecule has 0 bridgehead atoms. The molecule has 1 aliphatic rings. The van der Waals surface area contributed by atoms with Crippen molar-refractivity contribution in [1.82, 2.24) is 9.97 Å². The number of carbonyl (C=O) groups is 1. The Kier molecular flexibility index (Phi) is 6.24. The van der Waals surface area contributed by atoms with Gasteiger partial charge in [-0.15, -0.1) is 0 Å². The van der Waals surface area contributed by atoms with Gasteiger partial charge in [-0.1, -0.05) is 22.9 Å². The van der Waals surface area contributed by atoms with E-state index in [1.807, 2.05) is 24.3 Å². The molecule has 2 N–H and O–H groups in total. The van der Waals surface area contributed by atoms with Crippen LogP contribution in [0.25, 0.3) is 0 Å². The van der Waals surface area contributed by atoms with Gasteiger partial charge in [0.2, 0.25) is 0 Å². The van der Waals surface area contributed by atoms with Crippen molar-refractivity contribution in [2.24, 2.45) is 0 Å². The summed E-state index contributed by atoms with van der Waals surface area (Å²) in [6.07, 6.45) is 7.31. The van der Waals surface area contributed by atoms with Crippen molar-refractivity contribution in [2.75, 3.05) is 22.1 Å². The molecular formula is C19H21BrN6O. The highest BCUT2D eigenvalue weighted by atomic mass is 79.9. The van der Waals surface area contributed by atoms with Crippen LogP contribution >= 0.6 is 15.9 Å². The predicted octanol–water partition coefficient (Wildman–Crippen LogP) is 4.52. The number of carbonyl (C=O) groups excluding carboxylic acids is 1. The first-order chi connectivity index (χ1) is 13.1. The first-order valence-corrected chi connectivity index (χ1v) is 9.76. The Balaban J connectivity index is 1.78. The number of anilines is 3. The molecule has 0 spiro atoms. The number of amides is 2. The minimum Gasteiger partial charge on any atom is -0.367 e. The third kappa shape index (κ3) is 4.74. The number of nitrogens with one attached hydrogen (secondary N) is 2. The molecule has 1 unspecified atom stereocenters. The van der Waals surface area contributed by atoms with Gasteiger partial charge in [-0.25, -0.2) is 14.8 Å². The molecule has 1 atom stereocenters. The first kappa shape index (κ1) is 19.1. The normalized spacial score (nSPS) is 16.5. The van der Waals surface area contributed by atoms with Crippen LogP contribution in [0.4, 0.5) is 22.0 Å². The molecule has 140 valence electrons. The summed E-state index contributed by atoms with van der Waals surface area (Å²) in [6, 6.07) is 7.90. The Hall–Kier alpha value is -2.66. The van der Waals surface area contributed by atoms with Gasteiger partial charge in [0.25, 0.3) is 0 Å². The molecule has 3 rings (SSSR count). The fourth-order valence-electron chi connectivity index (χ4n) is 3.32. The average molecular weight is 429 g/mol. The minimum absolute atomic E-state index is 0.200. The van der Waals surface area contributed by atoms with Crippen LogP contribution in [0, 0.1) is 11.3 Å². The molecular weight excluding hydrogens is 408 g/mol. The summed E-state index contributed by atoms with van der Waals surface area (Å²) in [5.41, 5.74) is 1.96. The van der Waals surface area contributed by atoms with Crippen molar-refractivity contribution in [3.05, 3.63) is 40.8 Å². The summed E-state index contributed by atoms with van der Waals surface area (Å²) in [5.74, 6) is 0.285. The zero-order chi connectivity index (χ0) is 19.2. The van der Waals surface area contributed by atoms with Gasteiger partial charge in [0.05, 0.1) is 23.8 Å². The molecule has 1 saturated heterocycles. The average Bonchev–Trinajstić information content (AvgIpc) is 2.68. The second-order valence-corrected chi connectivity index (χ2v) is 7.31. The maximum Gasteiger partial charge on any atom is 0.324 e. The monoisotopic (exact) mass is 428 g/mol. The van der Waals surface area contributed by atoms with Crippen LogP contribution in [0.15, 0.2) is 35.1 Å². The highest BCUT2D eigenvalue weighted by molar-refractivity contribution is 9.10. The smallest absolute Gasteiger partial charge is 0.324 e. The fourth-order valence-corrected chi connectivity index (χ4v) is 3.68. The minimum atomic E-state index is -0.404. The molecule has 1 aromatic heterocycles. The summed E-state index contributed by atoms with van der Waals surface area (Å²) in [5, 5.41) is 14.3. The van der Waals surface area contributed by atoms with Crippen LogP contribution in [-0.2, 0) is 0 Å².